The van der Waals surface area contributed by atoms with Crippen molar-refractivity contribution in [3.8, 4) is 17.2 Å². The third kappa shape index (κ3) is 11.1. The Morgan fingerprint density at radius 1 is 0.850 bits per heavy atom. The molecule has 15 nitrogen and oxygen atoms in total. The molecule has 1 unspecified atom stereocenters. The molecule has 17 heteroatoms. The fraction of sp³-hybridized carbons (Fsp3) is 0.349. The summed E-state index contributed by atoms with van der Waals surface area (Å²) in [7, 11) is 3.15. The van der Waals surface area contributed by atoms with Crippen molar-refractivity contribution in [2.24, 2.45) is 0 Å². The van der Waals surface area contributed by atoms with Crippen LogP contribution in [0.25, 0.3) is 0 Å². The van der Waals surface area contributed by atoms with Crippen LogP contribution in [0.3, 0.4) is 0 Å². The van der Waals surface area contributed by atoms with E-state index in [1.807, 2.05) is 78.9 Å². The zero-order chi connectivity index (χ0) is 43.5. The number of methoxy groups -OCH3 is 2. The second-order valence-corrected chi connectivity index (χ2v) is 16.5. The number of aromatic nitrogens is 2. The van der Waals surface area contributed by atoms with Crippen LogP contribution < -0.4 is 35.0 Å². The van der Waals surface area contributed by atoms with Gasteiger partial charge in [-0.15, -0.1) is 0 Å². The summed E-state index contributed by atoms with van der Waals surface area (Å²) in [5, 5.41) is 11.1. The monoisotopic (exact) mass is 862 g/mol. The summed E-state index contributed by atoms with van der Waals surface area (Å²) in [6, 6.07) is 29.3. The highest BCUT2D eigenvalue weighted by Crippen LogP contribution is 2.47. The zero-order valence-corrected chi connectivity index (χ0v) is 36.1. The van der Waals surface area contributed by atoms with Gasteiger partial charge in [-0.2, -0.15) is 0 Å². The van der Waals surface area contributed by atoms with E-state index in [1.54, 1.807) is 26.0 Å². The third-order valence-electron chi connectivity index (χ3n) is 10.3. The summed E-state index contributed by atoms with van der Waals surface area (Å²) in [6.45, 7) is 7.51. The molecule has 320 valence electrons. The van der Waals surface area contributed by atoms with E-state index < -0.39 is 46.9 Å². The van der Waals surface area contributed by atoms with Gasteiger partial charge in [-0.05, 0) is 92.6 Å². The van der Waals surface area contributed by atoms with E-state index >= 15 is 0 Å². The number of H-pyrrole nitrogens is 1. The maximum absolute atomic E-state index is 13.7. The Balaban J connectivity index is 0.000000896. The summed E-state index contributed by atoms with van der Waals surface area (Å²) >= 11 is 5.29. The number of non-ortho nitro benzene ring substituents is 1. The molecule has 1 aliphatic rings. The van der Waals surface area contributed by atoms with Crippen LogP contribution in [0.5, 0.6) is 17.2 Å². The van der Waals surface area contributed by atoms with Crippen molar-refractivity contribution in [2.45, 2.75) is 58.2 Å². The first-order chi connectivity index (χ1) is 28.8. The Kier molecular flexibility index (Phi) is 16.0. The maximum atomic E-state index is 13.7. The second-order valence-electron chi connectivity index (χ2n) is 13.9. The van der Waals surface area contributed by atoms with Crippen molar-refractivity contribution in [1.82, 2.24) is 9.55 Å². The molecule has 0 bridgehead atoms. The molecule has 4 aromatic carbocycles. The van der Waals surface area contributed by atoms with Gasteiger partial charge in [0.15, 0.2) is 6.72 Å². The van der Waals surface area contributed by atoms with Gasteiger partial charge in [0.2, 0.25) is 0 Å². The number of nitrogens with zero attached hydrogens (tertiary/aromatic N) is 2. The van der Waals surface area contributed by atoms with E-state index in [4.69, 9.17) is 39.8 Å². The largest absolute Gasteiger partial charge is 0.770 e. The number of hydrogen-bond donors (Lipinski definition) is 2. The van der Waals surface area contributed by atoms with Crippen molar-refractivity contribution in [1.29, 1.82) is 0 Å². The van der Waals surface area contributed by atoms with Crippen molar-refractivity contribution in [3.63, 3.8) is 0 Å². The van der Waals surface area contributed by atoms with Crippen LogP contribution in [-0.2, 0) is 31.4 Å². The molecule has 1 aromatic heterocycles. The van der Waals surface area contributed by atoms with E-state index in [9.17, 15) is 24.6 Å². The maximum Gasteiger partial charge on any atom is 0.330 e. The highest BCUT2D eigenvalue weighted by molar-refractivity contribution is 8.06. The third-order valence-corrected chi connectivity index (χ3v) is 11.7. The molecule has 2 N–H and O–H groups in total. The van der Waals surface area contributed by atoms with Gasteiger partial charge in [0.25, 0.3) is 11.2 Å². The van der Waals surface area contributed by atoms with Crippen LogP contribution >= 0.6 is 6.72 Å². The highest BCUT2D eigenvalue weighted by Gasteiger charge is 2.44. The fourth-order valence-electron chi connectivity index (χ4n) is 6.91. The Hall–Kier alpha value is -5.19. The minimum Gasteiger partial charge on any atom is -0.770 e. The number of nitrogens with one attached hydrogen (secondary N) is 2. The average molecular weight is 863 g/mol. The topological polar surface area (TPSA) is 181 Å². The summed E-state index contributed by atoms with van der Waals surface area (Å²) in [6.07, 6.45) is -1.70. The van der Waals surface area contributed by atoms with E-state index in [0.717, 1.165) is 16.7 Å². The molecule has 1 fully saturated rings. The number of aryl methyl sites for hydroxylation is 1. The molecule has 4 atom stereocenters. The SMILES string of the molecule is CC[NH+](CC)CC.COc1ccc(C(OC[C@H]2O[C@@H](n3cc(C)c(=O)[nH]c3=O)C[C@@H]2OP([O-])(=S)Oc2ccc([N+](=O)[O-])cc2)(c2ccccc2)c2ccc(OC)cc2)cc1. The number of ether oxygens (including phenoxy) is 4. The molecule has 1 aliphatic heterocycles. The second kappa shape index (κ2) is 20.9. The van der Waals surface area contributed by atoms with Gasteiger partial charge in [-0.1, -0.05) is 54.6 Å². The number of nitro groups is 1. The Labute approximate surface area is 353 Å². The summed E-state index contributed by atoms with van der Waals surface area (Å²) < 4.78 is 37.0. The lowest BCUT2D eigenvalue weighted by Crippen LogP contribution is -3.11. The van der Waals surface area contributed by atoms with Gasteiger partial charge in [-0.3, -0.25) is 24.5 Å². The van der Waals surface area contributed by atoms with Crippen LogP contribution in [-0.4, -0.2) is 67.1 Å². The number of benzene rings is 4. The molecule has 6 rings (SSSR count). The minimum absolute atomic E-state index is 0.00761. The van der Waals surface area contributed by atoms with Crippen molar-refractivity contribution >= 4 is 24.2 Å². The Bertz CT molecular complexity index is 2270. The van der Waals surface area contributed by atoms with Crippen LogP contribution in [0, 0.1) is 17.0 Å². The highest BCUT2D eigenvalue weighted by atomic mass is 32.5. The molecule has 0 amide bonds. The van der Waals surface area contributed by atoms with Crippen LogP contribution in [0.15, 0.2) is 119 Å². The molecular weight excluding hydrogens is 812 g/mol. The molecule has 0 aliphatic carbocycles. The molecular formula is C43H51N4O11PS. The number of rotatable bonds is 17. The van der Waals surface area contributed by atoms with Crippen LogP contribution in [0.2, 0.25) is 0 Å². The van der Waals surface area contributed by atoms with Crippen LogP contribution in [0.1, 0.15) is 55.7 Å². The standard InChI is InChI=1S/C37H36N3O11PS.C6H15N/c1-24-22-39(36(42)38-35(24)41)34-21-32(51-52(45,53)50-31-19-13-28(14-20-31)40(43)44)33(49-34)23-48-37(25-7-5-4-6-8-25,26-9-15-29(46-2)16-10-26)27-11-17-30(47-3)18-12-27;1-4-7(5-2)6-3/h4-20,22,32-34H,21,23H2,1-3H3,(H,45,53)(H,38,41,42);4-6H2,1-3H3/t32-,33+,34+,52?;/m0./s1. The smallest absolute Gasteiger partial charge is 0.330 e. The molecule has 5 aromatic rings. The van der Waals surface area contributed by atoms with Crippen molar-refractivity contribution in [2.75, 3.05) is 40.5 Å². The first-order valence-electron chi connectivity index (χ1n) is 19.5. The van der Waals surface area contributed by atoms with Crippen LogP contribution in [0.4, 0.5) is 5.69 Å². The first-order valence-corrected chi connectivity index (χ1v) is 22.1. The lowest BCUT2D eigenvalue weighted by molar-refractivity contribution is -0.894. The van der Waals surface area contributed by atoms with Crippen molar-refractivity contribution in [3.05, 3.63) is 163 Å². The van der Waals surface area contributed by atoms with E-state index in [-0.39, 0.29) is 30.0 Å². The number of quaternary nitrogens is 1. The Morgan fingerprint density at radius 3 is 1.85 bits per heavy atom. The fourth-order valence-corrected chi connectivity index (χ4v) is 8.48. The molecule has 0 spiro atoms. The molecule has 0 radical (unpaired) electrons. The predicted molar refractivity (Wildman–Crippen MR) is 228 cm³/mol. The summed E-state index contributed by atoms with van der Waals surface area (Å²) in [5.74, 6) is 1.26. The predicted octanol–water partition coefficient (Wildman–Crippen LogP) is 5.05. The number of nitro benzene ring substituents is 1. The van der Waals surface area contributed by atoms with Gasteiger partial charge >= 0.3 is 5.69 Å². The molecule has 0 saturated carbocycles. The van der Waals surface area contributed by atoms with Gasteiger partial charge in [-0.25, -0.2) is 4.79 Å². The number of hydrogen-bond acceptors (Lipinski definition) is 12. The zero-order valence-electron chi connectivity index (χ0n) is 34.4. The minimum atomic E-state index is -4.34. The van der Waals surface area contributed by atoms with Gasteiger partial charge in [0, 0.05) is 30.3 Å². The van der Waals surface area contributed by atoms with E-state index in [2.05, 4.69) is 25.8 Å². The summed E-state index contributed by atoms with van der Waals surface area (Å²) in [5.41, 5.74) is -0.203. The van der Waals surface area contributed by atoms with Gasteiger partial charge in [0.1, 0.15) is 35.2 Å². The lowest BCUT2D eigenvalue weighted by atomic mass is 9.80. The normalized spacial score (nSPS) is 17.3. The summed E-state index contributed by atoms with van der Waals surface area (Å²) in [4.78, 5) is 53.3. The Morgan fingerprint density at radius 2 is 1.37 bits per heavy atom. The molecule has 1 saturated heterocycles. The van der Waals surface area contributed by atoms with Crippen molar-refractivity contribution < 1.29 is 42.7 Å². The average Bonchev–Trinajstić information content (AvgIpc) is 3.65. The van der Waals surface area contributed by atoms with E-state index in [1.165, 1.54) is 54.7 Å². The quantitative estimate of drug-likeness (QED) is 0.0551. The van der Waals surface area contributed by atoms with Gasteiger partial charge in [0.05, 0.1) is 51.5 Å². The first kappa shape index (κ1) is 45.9. The molecule has 2 heterocycles. The van der Waals surface area contributed by atoms with Gasteiger partial charge < -0.3 is 37.8 Å². The number of aromatic amines is 1. The lowest BCUT2D eigenvalue weighted by Gasteiger charge is -2.38. The molecule has 60 heavy (non-hydrogen) atoms. The van der Waals surface area contributed by atoms with E-state index in [0.29, 0.717) is 11.5 Å².